The molecule has 1 atom stereocenters. The molecule has 1 rings (SSSR count). The highest BCUT2D eigenvalue weighted by Crippen LogP contribution is 2.23. The van der Waals surface area contributed by atoms with Crippen LogP contribution >= 0.6 is 11.3 Å². The molecule has 0 aromatic carbocycles. The summed E-state index contributed by atoms with van der Waals surface area (Å²) in [4.78, 5) is 4.01. The van der Waals surface area contributed by atoms with Gasteiger partial charge in [0.1, 0.15) is 0 Å². The van der Waals surface area contributed by atoms with Crippen molar-refractivity contribution in [2.45, 2.75) is 59.2 Å². The third kappa shape index (κ3) is 4.08. The monoisotopic (exact) mass is 268 g/mol. The molecule has 1 heterocycles. The van der Waals surface area contributed by atoms with E-state index in [0.29, 0.717) is 18.0 Å². The van der Waals surface area contributed by atoms with Crippen molar-refractivity contribution >= 4 is 11.3 Å². The van der Waals surface area contributed by atoms with E-state index in [1.165, 1.54) is 17.7 Å². The van der Waals surface area contributed by atoms with Crippen LogP contribution in [-0.4, -0.2) is 23.5 Å². The van der Waals surface area contributed by atoms with Gasteiger partial charge in [-0.3, -0.25) is 4.90 Å². The number of hydrogen-bond acceptors (Lipinski definition) is 3. The predicted octanol–water partition coefficient (Wildman–Crippen LogP) is 3.72. The summed E-state index contributed by atoms with van der Waals surface area (Å²) in [5.41, 5.74) is 6.05. The lowest BCUT2D eigenvalue weighted by atomic mass is 9.92. The zero-order valence-corrected chi connectivity index (χ0v) is 13.0. The highest BCUT2D eigenvalue weighted by Gasteiger charge is 2.26. The van der Waals surface area contributed by atoms with E-state index < -0.39 is 0 Å². The van der Waals surface area contributed by atoms with Crippen LogP contribution in [0.25, 0.3) is 0 Å². The molecule has 0 radical (unpaired) electrons. The smallest absolute Gasteiger partial charge is 0.0334 e. The van der Waals surface area contributed by atoms with Gasteiger partial charge in [-0.2, -0.15) is 0 Å². The molecule has 1 aromatic rings. The average Bonchev–Trinajstić information content (AvgIpc) is 2.86. The van der Waals surface area contributed by atoms with Crippen molar-refractivity contribution < 1.29 is 0 Å². The molecule has 1 aromatic heterocycles. The topological polar surface area (TPSA) is 29.3 Å². The highest BCUT2D eigenvalue weighted by atomic mass is 32.1. The van der Waals surface area contributed by atoms with E-state index in [2.05, 4.69) is 50.1 Å². The van der Waals surface area contributed by atoms with E-state index in [9.17, 15) is 0 Å². The molecule has 0 aliphatic heterocycles. The summed E-state index contributed by atoms with van der Waals surface area (Å²) in [6, 6.07) is 5.40. The summed E-state index contributed by atoms with van der Waals surface area (Å²) in [7, 11) is 0. The van der Waals surface area contributed by atoms with Crippen molar-refractivity contribution in [3.05, 3.63) is 22.4 Å². The molecule has 3 heteroatoms. The summed E-state index contributed by atoms with van der Waals surface area (Å²) >= 11 is 1.84. The van der Waals surface area contributed by atoms with Gasteiger partial charge in [-0.15, -0.1) is 11.3 Å². The summed E-state index contributed by atoms with van der Waals surface area (Å²) in [6.45, 7) is 10.9. The SMILES string of the molecule is CCC(CC)C(CN)N(Cc1cccs1)C(C)C. The number of rotatable bonds is 8. The Morgan fingerprint density at radius 2 is 1.94 bits per heavy atom. The molecule has 104 valence electrons. The first-order valence-corrected chi connectivity index (χ1v) is 8.00. The number of thiophene rings is 1. The molecule has 2 N–H and O–H groups in total. The van der Waals surface area contributed by atoms with Gasteiger partial charge in [0.05, 0.1) is 0 Å². The summed E-state index contributed by atoms with van der Waals surface area (Å²) in [5, 5.41) is 2.16. The Morgan fingerprint density at radius 1 is 1.28 bits per heavy atom. The first-order valence-electron chi connectivity index (χ1n) is 7.12. The standard InChI is InChI=1S/C15H28N2S/c1-5-13(6-2)15(10-16)17(12(3)4)11-14-8-7-9-18-14/h7-9,12-13,15H,5-6,10-11,16H2,1-4H3. The zero-order chi connectivity index (χ0) is 13.5. The second kappa shape index (κ2) is 7.93. The summed E-state index contributed by atoms with van der Waals surface area (Å²) < 4.78 is 0. The van der Waals surface area contributed by atoms with Crippen LogP contribution in [0.1, 0.15) is 45.4 Å². The fourth-order valence-electron chi connectivity index (χ4n) is 2.70. The van der Waals surface area contributed by atoms with Crippen molar-refractivity contribution in [2.24, 2.45) is 11.7 Å². The average molecular weight is 268 g/mol. The normalized spacial score (nSPS) is 13.8. The summed E-state index contributed by atoms with van der Waals surface area (Å²) in [6.07, 6.45) is 2.43. The van der Waals surface area contributed by atoms with Gasteiger partial charge in [0.2, 0.25) is 0 Å². The molecule has 1 unspecified atom stereocenters. The largest absolute Gasteiger partial charge is 0.329 e. The Labute approximate surface area is 116 Å². The van der Waals surface area contributed by atoms with Crippen molar-refractivity contribution in [3.8, 4) is 0 Å². The van der Waals surface area contributed by atoms with Gasteiger partial charge in [-0.05, 0) is 31.2 Å². The van der Waals surface area contributed by atoms with Gasteiger partial charge in [-0.1, -0.05) is 32.8 Å². The van der Waals surface area contributed by atoms with Crippen molar-refractivity contribution in [2.75, 3.05) is 6.54 Å². The molecule has 0 fully saturated rings. The second-order valence-corrected chi connectivity index (χ2v) is 6.26. The first kappa shape index (κ1) is 15.7. The fourth-order valence-corrected chi connectivity index (χ4v) is 3.41. The lowest BCUT2D eigenvalue weighted by Gasteiger charge is -2.38. The molecule has 0 spiro atoms. The van der Waals surface area contributed by atoms with Gasteiger partial charge in [0.25, 0.3) is 0 Å². The van der Waals surface area contributed by atoms with Gasteiger partial charge in [0, 0.05) is 30.1 Å². The molecule has 2 nitrogen and oxygen atoms in total. The van der Waals surface area contributed by atoms with Crippen LogP contribution < -0.4 is 5.73 Å². The van der Waals surface area contributed by atoms with Crippen molar-refractivity contribution in [1.82, 2.24) is 4.90 Å². The minimum absolute atomic E-state index is 0.502. The molecule has 0 aliphatic rings. The third-order valence-corrected chi connectivity index (χ3v) is 4.70. The number of nitrogens with two attached hydrogens (primary N) is 1. The molecule has 0 aliphatic carbocycles. The van der Waals surface area contributed by atoms with Crippen LogP contribution in [0.3, 0.4) is 0 Å². The van der Waals surface area contributed by atoms with Crippen LogP contribution in [0.5, 0.6) is 0 Å². The van der Waals surface area contributed by atoms with Crippen LogP contribution in [0.2, 0.25) is 0 Å². The van der Waals surface area contributed by atoms with Crippen LogP contribution in [0.15, 0.2) is 17.5 Å². The lowest BCUT2D eigenvalue weighted by molar-refractivity contribution is 0.0993. The van der Waals surface area contributed by atoms with Crippen LogP contribution in [0.4, 0.5) is 0 Å². The van der Waals surface area contributed by atoms with E-state index in [-0.39, 0.29) is 0 Å². The molecule has 18 heavy (non-hydrogen) atoms. The summed E-state index contributed by atoms with van der Waals surface area (Å²) in [5.74, 6) is 0.706. The minimum atomic E-state index is 0.502. The molecule has 0 amide bonds. The minimum Gasteiger partial charge on any atom is -0.329 e. The van der Waals surface area contributed by atoms with E-state index in [1.807, 2.05) is 11.3 Å². The van der Waals surface area contributed by atoms with Crippen molar-refractivity contribution in [3.63, 3.8) is 0 Å². The van der Waals surface area contributed by atoms with Gasteiger partial charge in [-0.25, -0.2) is 0 Å². The van der Waals surface area contributed by atoms with Crippen molar-refractivity contribution in [1.29, 1.82) is 0 Å². The quantitative estimate of drug-likeness (QED) is 0.778. The van der Waals surface area contributed by atoms with E-state index >= 15 is 0 Å². The molecule has 0 saturated heterocycles. The van der Waals surface area contributed by atoms with E-state index in [0.717, 1.165) is 13.1 Å². The number of hydrogen-bond donors (Lipinski definition) is 1. The molecular weight excluding hydrogens is 240 g/mol. The fraction of sp³-hybridized carbons (Fsp3) is 0.733. The molecule has 0 saturated carbocycles. The highest BCUT2D eigenvalue weighted by molar-refractivity contribution is 7.09. The van der Waals surface area contributed by atoms with Crippen LogP contribution in [-0.2, 0) is 6.54 Å². The Kier molecular flexibility index (Phi) is 6.90. The number of nitrogens with zero attached hydrogens (tertiary/aromatic N) is 1. The van der Waals surface area contributed by atoms with E-state index in [1.54, 1.807) is 0 Å². The van der Waals surface area contributed by atoms with Gasteiger partial charge >= 0.3 is 0 Å². The first-order chi connectivity index (χ1) is 8.63. The van der Waals surface area contributed by atoms with Crippen LogP contribution in [0, 0.1) is 5.92 Å². The zero-order valence-electron chi connectivity index (χ0n) is 12.2. The third-order valence-electron chi connectivity index (χ3n) is 3.84. The predicted molar refractivity (Wildman–Crippen MR) is 81.9 cm³/mol. The van der Waals surface area contributed by atoms with Gasteiger partial charge < -0.3 is 5.73 Å². The molecular formula is C15H28N2S. The lowest BCUT2D eigenvalue weighted by Crippen LogP contribution is -2.48. The Bertz CT molecular complexity index is 304. The van der Waals surface area contributed by atoms with E-state index in [4.69, 9.17) is 5.73 Å². The Balaban J connectivity index is 2.80. The Morgan fingerprint density at radius 3 is 2.33 bits per heavy atom. The maximum Gasteiger partial charge on any atom is 0.0334 e. The maximum absolute atomic E-state index is 6.05. The van der Waals surface area contributed by atoms with Gasteiger partial charge in [0.15, 0.2) is 0 Å². The second-order valence-electron chi connectivity index (χ2n) is 5.23. The maximum atomic E-state index is 6.05. The Hall–Kier alpha value is -0.380. The molecule has 0 bridgehead atoms.